The van der Waals surface area contributed by atoms with Crippen molar-refractivity contribution in [2.24, 2.45) is 0 Å². The number of nitrogens with zero attached hydrogens (tertiary/aromatic N) is 1. The lowest BCUT2D eigenvalue weighted by molar-refractivity contribution is -0.122. The van der Waals surface area contributed by atoms with Crippen molar-refractivity contribution in [3.63, 3.8) is 0 Å². The van der Waals surface area contributed by atoms with Crippen LogP contribution in [-0.2, 0) is 19.7 Å². The van der Waals surface area contributed by atoms with Gasteiger partial charge in [0.05, 0.1) is 12.0 Å². The molecule has 0 spiro atoms. The van der Waals surface area contributed by atoms with Crippen LogP contribution in [0.5, 0.6) is 0 Å². The molecule has 2 amide bonds. The van der Waals surface area contributed by atoms with Crippen molar-refractivity contribution in [3.8, 4) is 0 Å². The van der Waals surface area contributed by atoms with Crippen molar-refractivity contribution < 1.29 is 14.3 Å². The smallest absolute Gasteiger partial charge is 0.237 e. The largest absolute Gasteiger partial charge is 0.383 e. The van der Waals surface area contributed by atoms with Crippen LogP contribution < -0.4 is 10.2 Å². The Labute approximate surface area is 118 Å². The maximum absolute atomic E-state index is 12.5. The Hall–Kier alpha value is -1.88. The molecule has 0 saturated carbocycles. The van der Waals surface area contributed by atoms with Gasteiger partial charge in [0.25, 0.3) is 0 Å². The van der Waals surface area contributed by atoms with E-state index in [0.717, 1.165) is 11.3 Å². The normalized spacial score (nSPS) is 16.2. The van der Waals surface area contributed by atoms with E-state index < -0.39 is 5.41 Å². The van der Waals surface area contributed by atoms with Crippen LogP contribution in [0, 0.1) is 0 Å². The van der Waals surface area contributed by atoms with Crippen LogP contribution in [0.4, 0.5) is 11.4 Å². The van der Waals surface area contributed by atoms with Gasteiger partial charge < -0.3 is 15.0 Å². The molecule has 1 aromatic carbocycles. The number of hydrogen-bond donors (Lipinski definition) is 1. The van der Waals surface area contributed by atoms with Gasteiger partial charge in [-0.05, 0) is 37.6 Å². The van der Waals surface area contributed by atoms with E-state index in [-0.39, 0.29) is 11.8 Å². The highest BCUT2D eigenvalue weighted by Crippen LogP contribution is 2.42. The van der Waals surface area contributed by atoms with Gasteiger partial charge in [-0.1, -0.05) is 0 Å². The van der Waals surface area contributed by atoms with Gasteiger partial charge in [0.2, 0.25) is 11.8 Å². The van der Waals surface area contributed by atoms with Crippen LogP contribution in [-0.4, -0.2) is 32.1 Å². The summed E-state index contributed by atoms with van der Waals surface area (Å²) in [5, 5.41) is 2.75. The molecule has 1 aliphatic heterocycles. The molecular formula is C15H20N2O3. The predicted molar refractivity (Wildman–Crippen MR) is 78.0 cm³/mol. The van der Waals surface area contributed by atoms with Gasteiger partial charge >= 0.3 is 0 Å². The lowest BCUT2D eigenvalue weighted by Crippen LogP contribution is -2.37. The molecule has 0 saturated heterocycles. The zero-order valence-electron chi connectivity index (χ0n) is 12.3. The Morgan fingerprint density at radius 2 is 2.10 bits per heavy atom. The number of anilines is 2. The first-order chi connectivity index (χ1) is 9.37. The van der Waals surface area contributed by atoms with E-state index in [4.69, 9.17) is 4.74 Å². The molecule has 1 aromatic rings. The quantitative estimate of drug-likeness (QED) is 0.914. The summed E-state index contributed by atoms with van der Waals surface area (Å²) in [5.41, 5.74) is 1.96. The minimum atomic E-state index is -0.586. The molecule has 1 heterocycles. The van der Waals surface area contributed by atoms with Crippen molar-refractivity contribution in [2.75, 3.05) is 30.5 Å². The lowest BCUT2D eigenvalue weighted by Gasteiger charge is -2.19. The van der Waals surface area contributed by atoms with Gasteiger partial charge in [0.15, 0.2) is 0 Å². The molecule has 0 aliphatic carbocycles. The Kier molecular flexibility index (Phi) is 3.81. The number of fused-ring (bicyclic) bond motifs is 1. The number of nitrogens with one attached hydrogen (secondary N) is 1. The molecule has 0 radical (unpaired) electrons. The molecule has 5 nitrogen and oxygen atoms in total. The number of methoxy groups -OCH3 is 1. The minimum Gasteiger partial charge on any atom is -0.383 e. The number of benzene rings is 1. The number of ether oxygens (including phenoxy) is 1. The molecule has 1 aliphatic rings. The molecule has 0 bridgehead atoms. The van der Waals surface area contributed by atoms with Crippen LogP contribution >= 0.6 is 0 Å². The third kappa shape index (κ3) is 2.41. The Morgan fingerprint density at radius 1 is 1.40 bits per heavy atom. The maximum atomic E-state index is 12.5. The first kappa shape index (κ1) is 14.5. The van der Waals surface area contributed by atoms with Gasteiger partial charge in [-0.15, -0.1) is 0 Å². The van der Waals surface area contributed by atoms with Crippen LogP contribution in [0.2, 0.25) is 0 Å². The molecule has 0 atom stereocenters. The number of amides is 2. The summed E-state index contributed by atoms with van der Waals surface area (Å²) in [4.78, 5) is 25.4. The fourth-order valence-corrected chi connectivity index (χ4v) is 2.52. The average Bonchev–Trinajstić information content (AvgIpc) is 2.56. The summed E-state index contributed by atoms with van der Waals surface area (Å²) >= 11 is 0. The van der Waals surface area contributed by atoms with E-state index in [9.17, 15) is 9.59 Å². The lowest BCUT2D eigenvalue weighted by atomic mass is 9.86. The topological polar surface area (TPSA) is 58.6 Å². The second-order valence-electron chi connectivity index (χ2n) is 5.49. The molecule has 1 N–H and O–H groups in total. The van der Waals surface area contributed by atoms with E-state index >= 15 is 0 Å². The highest BCUT2D eigenvalue weighted by Gasteiger charge is 2.43. The number of rotatable bonds is 4. The van der Waals surface area contributed by atoms with Crippen LogP contribution in [0.15, 0.2) is 18.2 Å². The number of hydrogen-bond acceptors (Lipinski definition) is 3. The predicted octanol–water partition coefficient (Wildman–Crippen LogP) is 1.92. The van der Waals surface area contributed by atoms with Crippen molar-refractivity contribution in [3.05, 3.63) is 23.8 Å². The highest BCUT2D eigenvalue weighted by molar-refractivity contribution is 6.08. The van der Waals surface area contributed by atoms with Crippen molar-refractivity contribution in [2.45, 2.75) is 26.2 Å². The van der Waals surface area contributed by atoms with Gasteiger partial charge in [-0.2, -0.15) is 0 Å². The summed E-state index contributed by atoms with van der Waals surface area (Å²) in [5.74, 6) is -0.0622. The standard InChI is InChI=1S/C15H20N2O3/c1-10(18)16-11-5-6-13-12(9-11)15(2,3)14(19)17(13)7-8-20-4/h5-6,9H,7-8H2,1-4H3,(H,16,18). The van der Waals surface area contributed by atoms with Crippen molar-refractivity contribution in [1.29, 1.82) is 0 Å². The molecule has 108 valence electrons. The zero-order valence-corrected chi connectivity index (χ0v) is 12.3. The van der Waals surface area contributed by atoms with E-state index in [1.54, 1.807) is 12.0 Å². The molecule has 0 unspecified atom stereocenters. The number of carbonyl (C=O) groups is 2. The first-order valence-electron chi connectivity index (χ1n) is 6.61. The van der Waals surface area contributed by atoms with Crippen LogP contribution in [0.25, 0.3) is 0 Å². The second-order valence-corrected chi connectivity index (χ2v) is 5.49. The highest BCUT2D eigenvalue weighted by atomic mass is 16.5. The van der Waals surface area contributed by atoms with E-state index in [2.05, 4.69) is 5.32 Å². The molecule has 20 heavy (non-hydrogen) atoms. The monoisotopic (exact) mass is 276 g/mol. The van der Waals surface area contributed by atoms with Crippen molar-refractivity contribution >= 4 is 23.2 Å². The minimum absolute atomic E-state index is 0.0597. The Bertz CT molecular complexity index is 552. The van der Waals surface area contributed by atoms with Crippen LogP contribution in [0.1, 0.15) is 26.3 Å². The average molecular weight is 276 g/mol. The Morgan fingerprint density at radius 3 is 2.70 bits per heavy atom. The summed E-state index contributed by atoms with van der Waals surface area (Å²) < 4.78 is 5.06. The van der Waals surface area contributed by atoms with E-state index in [1.165, 1.54) is 6.92 Å². The third-order valence-corrected chi connectivity index (χ3v) is 3.58. The van der Waals surface area contributed by atoms with Crippen molar-refractivity contribution in [1.82, 2.24) is 0 Å². The number of carbonyl (C=O) groups excluding carboxylic acids is 2. The second kappa shape index (κ2) is 5.25. The maximum Gasteiger partial charge on any atom is 0.237 e. The zero-order chi connectivity index (χ0) is 14.9. The van der Waals surface area contributed by atoms with Gasteiger partial charge in [0.1, 0.15) is 0 Å². The Balaban J connectivity index is 2.40. The van der Waals surface area contributed by atoms with E-state index in [0.29, 0.717) is 18.8 Å². The van der Waals surface area contributed by atoms with Gasteiger partial charge in [0, 0.05) is 32.0 Å². The molecule has 0 fully saturated rings. The molecule has 0 aromatic heterocycles. The fourth-order valence-electron chi connectivity index (χ4n) is 2.52. The molecule has 5 heteroatoms. The summed E-state index contributed by atoms with van der Waals surface area (Å²) in [7, 11) is 1.62. The molecule has 2 rings (SSSR count). The SMILES string of the molecule is COCCN1C(=O)C(C)(C)c2cc(NC(C)=O)ccc21. The van der Waals surface area contributed by atoms with Crippen LogP contribution in [0.3, 0.4) is 0 Å². The third-order valence-electron chi connectivity index (χ3n) is 3.58. The summed E-state index contributed by atoms with van der Waals surface area (Å²) in [6.07, 6.45) is 0. The molecular weight excluding hydrogens is 256 g/mol. The first-order valence-corrected chi connectivity index (χ1v) is 6.61. The van der Waals surface area contributed by atoms with E-state index in [1.807, 2.05) is 32.0 Å². The van der Waals surface area contributed by atoms with Gasteiger partial charge in [-0.25, -0.2) is 0 Å². The summed E-state index contributed by atoms with van der Waals surface area (Å²) in [6.45, 7) is 6.30. The summed E-state index contributed by atoms with van der Waals surface area (Å²) in [6, 6.07) is 5.57. The van der Waals surface area contributed by atoms with Gasteiger partial charge in [-0.3, -0.25) is 9.59 Å². The fraction of sp³-hybridized carbons (Fsp3) is 0.467.